The van der Waals surface area contributed by atoms with Crippen LogP contribution in [0.25, 0.3) is 0 Å². The quantitative estimate of drug-likeness (QED) is 0.160. The molecule has 0 aromatic heterocycles. The summed E-state index contributed by atoms with van der Waals surface area (Å²) < 4.78 is 80.8. The Hall–Kier alpha value is 0.670. The second-order valence-electron chi connectivity index (χ2n) is 3.48. The fourth-order valence-electron chi connectivity index (χ4n) is 0.847. The molecule has 0 rings (SSSR count). The summed E-state index contributed by atoms with van der Waals surface area (Å²) in [5.74, 6) is -3.79. The molecular formula is C8H5F6I3O5. The molecule has 14 heteroatoms. The van der Waals surface area contributed by atoms with Gasteiger partial charge >= 0.3 is 29.9 Å². The van der Waals surface area contributed by atoms with Crippen LogP contribution in [0.1, 0.15) is 0 Å². The van der Waals surface area contributed by atoms with E-state index in [2.05, 4.69) is 9.47 Å². The van der Waals surface area contributed by atoms with Crippen LogP contribution in [0, 0.1) is 0 Å². The van der Waals surface area contributed by atoms with Crippen molar-refractivity contribution in [3.8, 4) is 0 Å². The molecule has 0 aliphatic heterocycles. The van der Waals surface area contributed by atoms with E-state index in [0.29, 0.717) is 0 Å². The summed E-state index contributed by atoms with van der Waals surface area (Å²) in [6.07, 6.45) is -12.6. The lowest BCUT2D eigenvalue weighted by Crippen LogP contribution is -2.63. The number of esters is 2. The van der Waals surface area contributed by atoms with E-state index in [-0.39, 0.29) is 0 Å². The number of halogens is 9. The maximum absolute atomic E-state index is 12.3. The monoisotopic (exact) mass is 676 g/mol. The number of alkyl halides is 9. The molecule has 0 aliphatic rings. The van der Waals surface area contributed by atoms with Gasteiger partial charge in [-0.25, -0.2) is 9.59 Å². The largest absolute Gasteiger partial charge is 0.460 e. The summed E-state index contributed by atoms with van der Waals surface area (Å²) in [6.45, 7) is -1.85. The number of hydrogen-bond acceptors (Lipinski definition) is 5. The van der Waals surface area contributed by atoms with E-state index in [4.69, 9.17) is 5.11 Å². The SMILES string of the molecule is O=C(OCCOC(=O)C(O)(C(F)(F)F)C(F)(F)F)C(I)(I)I. The van der Waals surface area contributed by atoms with Gasteiger partial charge in [-0.2, -0.15) is 26.3 Å². The molecule has 22 heavy (non-hydrogen) atoms. The van der Waals surface area contributed by atoms with Crippen molar-refractivity contribution in [1.29, 1.82) is 0 Å². The van der Waals surface area contributed by atoms with E-state index in [1.165, 1.54) is 0 Å². The molecule has 0 amide bonds. The van der Waals surface area contributed by atoms with Gasteiger partial charge in [0.1, 0.15) is 13.2 Å². The maximum Gasteiger partial charge on any atom is 0.437 e. The number of ether oxygens (including phenoxy) is 2. The second-order valence-corrected chi connectivity index (χ2v) is 14.5. The first kappa shape index (κ1) is 22.7. The molecule has 5 nitrogen and oxygen atoms in total. The van der Waals surface area contributed by atoms with Crippen molar-refractivity contribution in [1.82, 2.24) is 0 Å². The molecule has 130 valence electrons. The van der Waals surface area contributed by atoms with Gasteiger partial charge in [0.25, 0.3) is 0 Å². The number of rotatable bonds is 5. The van der Waals surface area contributed by atoms with Gasteiger partial charge in [0.15, 0.2) is 0 Å². The molecule has 0 unspecified atom stereocenters. The first-order valence-corrected chi connectivity index (χ1v) is 8.05. The van der Waals surface area contributed by atoms with E-state index in [0.717, 1.165) is 0 Å². The Balaban J connectivity index is 4.74. The molecule has 0 aliphatic carbocycles. The van der Waals surface area contributed by atoms with E-state index in [9.17, 15) is 35.9 Å². The second kappa shape index (κ2) is 7.70. The molecule has 0 heterocycles. The predicted octanol–water partition coefficient (Wildman–Crippen LogP) is 2.89. The van der Waals surface area contributed by atoms with Gasteiger partial charge in [-0.1, -0.05) is 0 Å². The van der Waals surface area contributed by atoms with E-state index in [1.54, 1.807) is 67.8 Å². The fourth-order valence-corrected chi connectivity index (χ4v) is 1.31. The van der Waals surface area contributed by atoms with Crippen LogP contribution in [0.3, 0.4) is 0 Å². The van der Waals surface area contributed by atoms with Crippen molar-refractivity contribution in [2.75, 3.05) is 13.2 Å². The van der Waals surface area contributed by atoms with Crippen molar-refractivity contribution < 1.29 is 50.5 Å². The van der Waals surface area contributed by atoms with Crippen LogP contribution < -0.4 is 0 Å². The topological polar surface area (TPSA) is 72.8 Å². The Morgan fingerprint density at radius 3 is 1.41 bits per heavy atom. The summed E-state index contributed by atoms with van der Waals surface area (Å²) in [5.41, 5.74) is -5.65. The summed E-state index contributed by atoms with van der Waals surface area (Å²) in [6, 6.07) is 0. The zero-order valence-electron chi connectivity index (χ0n) is 9.90. The average molecular weight is 676 g/mol. The Bertz CT molecular complexity index is 415. The minimum Gasteiger partial charge on any atom is -0.460 e. The van der Waals surface area contributed by atoms with Crippen LogP contribution in [0.2, 0.25) is 0 Å². The lowest BCUT2D eigenvalue weighted by molar-refractivity contribution is -0.357. The van der Waals surface area contributed by atoms with Crippen molar-refractivity contribution in [3.63, 3.8) is 0 Å². The van der Waals surface area contributed by atoms with Crippen molar-refractivity contribution in [2.45, 2.75) is 17.4 Å². The molecule has 0 radical (unpaired) electrons. The maximum atomic E-state index is 12.3. The smallest absolute Gasteiger partial charge is 0.437 e. The first-order valence-electron chi connectivity index (χ1n) is 4.82. The molecule has 0 atom stereocenters. The summed E-state index contributed by atoms with van der Waals surface area (Å²) in [7, 11) is 0. The molecule has 0 saturated heterocycles. The molecule has 0 spiro atoms. The minimum atomic E-state index is -6.32. The van der Waals surface area contributed by atoms with Gasteiger partial charge in [-0.15, -0.1) is 0 Å². The molecule has 0 saturated carbocycles. The number of carbonyl (C=O) groups excluding carboxylic acids is 2. The highest BCUT2D eigenvalue weighted by molar-refractivity contribution is 14.3. The molecule has 0 fully saturated rings. The predicted molar refractivity (Wildman–Crippen MR) is 83.8 cm³/mol. The summed E-state index contributed by atoms with van der Waals surface area (Å²) in [4.78, 5) is 22.2. The number of aliphatic hydroxyl groups is 1. The third kappa shape index (κ3) is 5.64. The normalized spacial score (nSPS) is 13.7. The van der Waals surface area contributed by atoms with Gasteiger partial charge in [0, 0.05) is 0 Å². The Morgan fingerprint density at radius 1 is 0.818 bits per heavy atom. The molecule has 0 aromatic rings. The first-order chi connectivity index (χ1) is 9.55. The minimum absolute atomic E-state index is 0.771. The van der Waals surface area contributed by atoms with Crippen molar-refractivity contribution in [3.05, 3.63) is 0 Å². The van der Waals surface area contributed by atoms with E-state index >= 15 is 0 Å². The Kier molecular flexibility index (Phi) is 7.94. The summed E-state index contributed by atoms with van der Waals surface area (Å²) in [5, 5.41) is 8.65. The Morgan fingerprint density at radius 2 is 1.14 bits per heavy atom. The Labute approximate surface area is 159 Å². The zero-order valence-corrected chi connectivity index (χ0v) is 16.4. The van der Waals surface area contributed by atoms with Gasteiger partial charge < -0.3 is 14.6 Å². The van der Waals surface area contributed by atoms with Crippen LogP contribution in [-0.2, 0) is 19.1 Å². The van der Waals surface area contributed by atoms with Gasteiger partial charge in [0.05, 0.1) is 0 Å². The van der Waals surface area contributed by atoms with E-state index < -0.39 is 42.5 Å². The lowest BCUT2D eigenvalue weighted by Gasteiger charge is -2.29. The summed E-state index contributed by atoms with van der Waals surface area (Å²) >= 11 is 4.97. The van der Waals surface area contributed by atoms with Crippen LogP contribution in [0.15, 0.2) is 0 Å². The van der Waals surface area contributed by atoms with Crippen LogP contribution in [-0.4, -0.2) is 47.6 Å². The highest BCUT2D eigenvalue weighted by Crippen LogP contribution is 2.43. The molecule has 0 aromatic carbocycles. The van der Waals surface area contributed by atoms with Gasteiger partial charge in [-0.05, 0) is 67.8 Å². The van der Waals surface area contributed by atoms with Crippen LogP contribution in [0.4, 0.5) is 26.3 Å². The molecule has 0 bridgehead atoms. The van der Waals surface area contributed by atoms with E-state index in [1.807, 2.05) is 0 Å². The highest BCUT2D eigenvalue weighted by Gasteiger charge is 2.76. The molecular weight excluding hydrogens is 671 g/mol. The highest BCUT2D eigenvalue weighted by atomic mass is 127. The third-order valence-electron chi connectivity index (χ3n) is 1.90. The zero-order chi connectivity index (χ0) is 18.0. The van der Waals surface area contributed by atoms with Crippen LogP contribution >= 0.6 is 67.8 Å². The average Bonchev–Trinajstić information content (AvgIpc) is 2.28. The third-order valence-corrected chi connectivity index (χ3v) is 3.22. The van der Waals surface area contributed by atoms with Gasteiger partial charge in [0.2, 0.25) is -0.565 Å². The standard InChI is InChI=1S/C8H5F6I3O5/c9-7(10,11)5(20,8(12,13)14)3(18)21-1-2-22-4(19)6(15,16)17/h20H,1-2H2. The van der Waals surface area contributed by atoms with Gasteiger partial charge in [-0.3, -0.25) is 0 Å². The van der Waals surface area contributed by atoms with Crippen LogP contribution in [0.5, 0.6) is 0 Å². The molecule has 1 N–H and O–H groups in total. The lowest BCUT2D eigenvalue weighted by atomic mass is 10.0. The van der Waals surface area contributed by atoms with Crippen molar-refractivity contribution in [2.24, 2.45) is 0 Å². The van der Waals surface area contributed by atoms with Crippen molar-refractivity contribution >= 4 is 79.7 Å². The fraction of sp³-hybridized carbons (Fsp3) is 0.750. The number of hydrogen-bond donors (Lipinski definition) is 1. The number of carbonyl (C=O) groups is 2.